The molecule has 1 aromatic heterocycles. The number of fused-ring (bicyclic) bond motifs is 1. The molecule has 24 heavy (non-hydrogen) atoms. The molecule has 3 rings (SSSR count). The fourth-order valence-electron chi connectivity index (χ4n) is 2.63. The van der Waals surface area contributed by atoms with Crippen molar-refractivity contribution in [3.05, 3.63) is 38.2 Å². The molecule has 7 heteroatoms. The van der Waals surface area contributed by atoms with Gasteiger partial charge in [0.15, 0.2) is 3.95 Å². The number of rotatable bonds is 5. The van der Waals surface area contributed by atoms with Crippen LogP contribution in [0.1, 0.15) is 29.3 Å². The monoisotopic (exact) mass is 360 g/mol. The smallest absolute Gasteiger partial charge is 0.305 e. The van der Waals surface area contributed by atoms with Crippen molar-refractivity contribution in [1.82, 2.24) is 4.57 Å². The van der Waals surface area contributed by atoms with Crippen LogP contribution in [0.5, 0.6) is 5.88 Å². The molecule has 0 spiro atoms. The van der Waals surface area contributed by atoms with Crippen LogP contribution in [0.3, 0.4) is 0 Å². The number of benzene rings is 1. The zero-order valence-corrected chi connectivity index (χ0v) is 14.7. The first kappa shape index (κ1) is 16.6. The van der Waals surface area contributed by atoms with Crippen LogP contribution in [0, 0.1) is 3.95 Å². The van der Waals surface area contributed by atoms with E-state index in [1.165, 1.54) is 21.5 Å². The molecule has 1 aromatic carbocycles. The van der Waals surface area contributed by atoms with Gasteiger partial charge in [-0.1, -0.05) is 25.1 Å². The summed E-state index contributed by atoms with van der Waals surface area (Å²) in [4.78, 5) is 15.8. The summed E-state index contributed by atoms with van der Waals surface area (Å²) in [7, 11) is 0. The van der Waals surface area contributed by atoms with Crippen LogP contribution in [-0.2, 0) is 17.8 Å². The number of nitrogens with zero attached hydrogens (tertiary/aromatic N) is 2. The number of para-hydroxylation sites is 1. The van der Waals surface area contributed by atoms with Gasteiger partial charge in [-0.05, 0) is 30.3 Å². The molecular weight excluding hydrogens is 344 g/mol. The largest absolute Gasteiger partial charge is 0.493 e. The highest BCUT2D eigenvalue weighted by Crippen LogP contribution is 2.38. The molecule has 2 heterocycles. The molecule has 0 atom stereocenters. The SMILES string of the molecule is CCc1cccc2c1N=C/C2=C/c1sc(=S)n(CCC(=O)O)c1O. The number of aryl methyl sites for hydroxylation is 1. The Kier molecular flexibility index (Phi) is 4.64. The maximum absolute atomic E-state index is 10.7. The topological polar surface area (TPSA) is 74.8 Å². The van der Waals surface area contributed by atoms with Crippen LogP contribution in [0.15, 0.2) is 23.2 Å². The van der Waals surface area contributed by atoms with Gasteiger partial charge in [-0.25, -0.2) is 0 Å². The summed E-state index contributed by atoms with van der Waals surface area (Å²) in [5.41, 5.74) is 4.10. The highest BCUT2D eigenvalue weighted by Gasteiger charge is 2.17. The maximum atomic E-state index is 10.7. The first-order valence-electron chi connectivity index (χ1n) is 7.53. The number of aliphatic carboxylic acids is 1. The van der Waals surface area contributed by atoms with Gasteiger partial charge in [-0.2, -0.15) is 0 Å². The van der Waals surface area contributed by atoms with E-state index >= 15 is 0 Å². The average Bonchev–Trinajstić information content (AvgIpc) is 3.07. The van der Waals surface area contributed by atoms with Gasteiger partial charge in [-0.3, -0.25) is 14.4 Å². The molecule has 0 saturated heterocycles. The molecule has 0 unspecified atom stereocenters. The lowest BCUT2D eigenvalue weighted by atomic mass is 10.0. The number of carboxylic acids is 1. The van der Waals surface area contributed by atoms with E-state index in [4.69, 9.17) is 17.3 Å². The third-order valence-corrected chi connectivity index (χ3v) is 5.26. The average molecular weight is 360 g/mol. The molecular formula is C17H16N2O3S2. The van der Waals surface area contributed by atoms with Crippen molar-refractivity contribution < 1.29 is 15.0 Å². The molecule has 2 N–H and O–H groups in total. The van der Waals surface area contributed by atoms with Crippen LogP contribution in [-0.4, -0.2) is 27.0 Å². The van der Waals surface area contributed by atoms with Gasteiger partial charge in [0.1, 0.15) is 0 Å². The van der Waals surface area contributed by atoms with E-state index in [0.717, 1.165) is 23.2 Å². The van der Waals surface area contributed by atoms with Crippen molar-refractivity contribution in [2.24, 2.45) is 4.99 Å². The Bertz CT molecular complexity index is 922. The first-order valence-corrected chi connectivity index (χ1v) is 8.76. The van der Waals surface area contributed by atoms with Gasteiger partial charge in [0, 0.05) is 23.9 Å². The third-order valence-electron chi connectivity index (χ3n) is 3.87. The second-order valence-electron chi connectivity index (χ2n) is 5.38. The second kappa shape index (κ2) is 6.70. The fourth-order valence-corrected chi connectivity index (χ4v) is 3.95. The zero-order chi connectivity index (χ0) is 17.3. The van der Waals surface area contributed by atoms with E-state index < -0.39 is 5.97 Å². The van der Waals surface area contributed by atoms with Crippen LogP contribution in [0.2, 0.25) is 0 Å². The molecule has 0 saturated carbocycles. The summed E-state index contributed by atoms with van der Waals surface area (Å²) in [5, 5.41) is 19.2. The summed E-state index contributed by atoms with van der Waals surface area (Å²) >= 11 is 6.50. The van der Waals surface area contributed by atoms with Gasteiger partial charge < -0.3 is 10.2 Å². The fraction of sp³-hybridized carbons (Fsp3) is 0.235. The third kappa shape index (κ3) is 3.05. The van der Waals surface area contributed by atoms with Gasteiger partial charge in [0.25, 0.3) is 0 Å². The van der Waals surface area contributed by atoms with E-state index in [1.54, 1.807) is 6.21 Å². The van der Waals surface area contributed by atoms with E-state index in [9.17, 15) is 9.90 Å². The van der Waals surface area contributed by atoms with Crippen LogP contribution < -0.4 is 0 Å². The highest BCUT2D eigenvalue weighted by atomic mass is 32.1. The molecule has 0 radical (unpaired) electrons. The minimum absolute atomic E-state index is 0.00671. The molecule has 2 aromatic rings. The van der Waals surface area contributed by atoms with Gasteiger partial charge in [-0.15, -0.1) is 11.3 Å². The minimum atomic E-state index is -0.925. The number of allylic oxidation sites excluding steroid dienone is 1. The summed E-state index contributed by atoms with van der Waals surface area (Å²) in [6.45, 7) is 2.25. The lowest BCUT2D eigenvalue weighted by Crippen LogP contribution is -2.03. The molecule has 0 aliphatic carbocycles. The lowest BCUT2D eigenvalue weighted by molar-refractivity contribution is -0.137. The molecule has 5 nitrogen and oxygen atoms in total. The molecule has 124 valence electrons. The Morgan fingerprint density at radius 3 is 2.96 bits per heavy atom. The Balaban J connectivity index is 1.98. The quantitative estimate of drug-likeness (QED) is 0.781. The molecule has 0 fully saturated rings. The van der Waals surface area contributed by atoms with E-state index in [1.807, 2.05) is 18.2 Å². The van der Waals surface area contributed by atoms with Crippen molar-refractivity contribution in [3.8, 4) is 5.88 Å². The van der Waals surface area contributed by atoms with Gasteiger partial charge in [0.2, 0.25) is 5.88 Å². The van der Waals surface area contributed by atoms with E-state index in [-0.39, 0.29) is 18.8 Å². The standard InChI is InChI=1S/C17H16N2O3S2/c1-2-10-4-3-5-12-11(9-18-15(10)12)8-13-16(22)19(17(23)24-13)7-6-14(20)21/h3-5,8-9,22H,2,6-7H2,1H3,(H,20,21)/b11-8-. The summed E-state index contributed by atoms with van der Waals surface area (Å²) in [6, 6.07) is 6.06. The molecule has 1 aliphatic rings. The number of carboxylic acid groups (broad SMARTS) is 1. The number of aromatic nitrogens is 1. The number of aromatic hydroxyl groups is 1. The van der Waals surface area contributed by atoms with Crippen molar-refractivity contribution in [3.63, 3.8) is 0 Å². The van der Waals surface area contributed by atoms with Gasteiger partial charge >= 0.3 is 5.97 Å². The Morgan fingerprint density at radius 1 is 1.46 bits per heavy atom. The highest BCUT2D eigenvalue weighted by molar-refractivity contribution is 7.73. The first-order chi connectivity index (χ1) is 11.5. The van der Waals surface area contributed by atoms with Crippen molar-refractivity contribution in [1.29, 1.82) is 0 Å². The number of hydrogen-bond donors (Lipinski definition) is 2. The molecule has 0 bridgehead atoms. The lowest BCUT2D eigenvalue weighted by Gasteiger charge is -2.04. The van der Waals surface area contributed by atoms with Crippen molar-refractivity contribution in [2.75, 3.05) is 0 Å². The van der Waals surface area contributed by atoms with Crippen LogP contribution >= 0.6 is 23.6 Å². The number of carbonyl (C=O) groups is 1. The van der Waals surface area contributed by atoms with Gasteiger partial charge in [0.05, 0.1) is 17.0 Å². The maximum Gasteiger partial charge on any atom is 0.305 e. The summed E-state index contributed by atoms with van der Waals surface area (Å²) in [6.07, 6.45) is 4.46. The Morgan fingerprint density at radius 2 is 2.25 bits per heavy atom. The van der Waals surface area contributed by atoms with Crippen LogP contribution in [0.25, 0.3) is 11.6 Å². The van der Waals surface area contributed by atoms with Crippen LogP contribution in [0.4, 0.5) is 5.69 Å². The zero-order valence-electron chi connectivity index (χ0n) is 13.0. The summed E-state index contributed by atoms with van der Waals surface area (Å²) in [5.74, 6) is -0.918. The summed E-state index contributed by atoms with van der Waals surface area (Å²) < 4.78 is 1.91. The van der Waals surface area contributed by atoms with E-state index in [2.05, 4.69) is 18.0 Å². The molecule has 1 aliphatic heterocycles. The van der Waals surface area contributed by atoms with Crippen molar-refractivity contribution in [2.45, 2.75) is 26.3 Å². The number of aliphatic imine (C=N–C) groups is 1. The molecule has 0 amide bonds. The predicted molar refractivity (Wildman–Crippen MR) is 98.9 cm³/mol. The predicted octanol–water partition coefficient (Wildman–Crippen LogP) is 4.28. The van der Waals surface area contributed by atoms with E-state index in [0.29, 0.717) is 8.83 Å². The Labute approximate surface area is 148 Å². The minimum Gasteiger partial charge on any atom is -0.493 e. The van der Waals surface area contributed by atoms with Crippen molar-refractivity contribution >= 4 is 53.1 Å². The Hall–Kier alpha value is -2.25. The number of thiazole rings is 1. The second-order valence-corrected chi connectivity index (χ2v) is 7.05. The number of hydrogen-bond acceptors (Lipinski definition) is 5. The normalized spacial score (nSPS) is 14.3.